The number of ketones is 1. The molecule has 272 valence electrons. The molecule has 0 aromatic heterocycles. The summed E-state index contributed by atoms with van der Waals surface area (Å²) in [5, 5.41) is 8.64. The molecular weight excluding hydrogens is 616 g/mol. The molecule has 6 amide bonds. The summed E-state index contributed by atoms with van der Waals surface area (Å²) in [5.41, 5.74) is 3.51. The van der Waals surface area contributed by atoms with E-state index in [0.717, 1.165) is 12.8 Å². The lowest BCUT2D eigenvalue weighted by molar-refractivity contribution is -0.145. The van der Waals surface area contributed by atoms with Crippen molar-refractivity contribution in [2.45, 2.75) is 132 Å². The highest BCUT2D eigenvalue weighted by molar-refractivity contribution is 6.37. The van der Waals surface area contributed by atoms with Crippen molar-refractivity contribution in [2.75, 3.05) is 20.1 Å². The van der Waals surface area contributed by atoms with Gasteiger partial charge in [-0.05, 0) is 67.6 Å². The van der Waals surface area contributed by atoms with Gasteiger partial charge in [0.2, 0.25) is 17.6 Å². The number of Topliss-reactive ketones (excluding diaryl/α,β-unsaturated/α-hetero) is 1. The zero-order chi connectivity index (χ0) is 36.7. The van der Waals surface area contributed by atoms with Gasteiger partial charge in [-0.1, -0.05) is 68.2 Å². The third kappa shape index (κ3) is 10.1. The zero-order valence-corrected chi connectivity index (χ0v) is 31.1. The van der Waals surface area contributed by atoms with Crippen molar-refractivity contribution in [3.05, 3.63) is 0 Å². The summed E-state index contributed by atoms with van der Waals surface area (Å²) in [6, 6.07) is -3.94. The molecule has 2 saturated carbocycles. The average Bonchev–Trinajstić information content (AvgIpc) is 3.75. The lowest BCUT2D eigenvalue weighted by Gasteiger charge is -2.38. The van der Waals surface area contributed by atoms with E-state index in [2.05, 4.69) is 29.8 Å². The van der Waals surface area contributed by atoms with Crippen LogP contribution in [0.3, 0.4) is 0 Å². The Morgan fingerprint density at radius 1 is 0.938 bits per heavy atom. The van der Waals surface area contributed by atoms with Crippen LogP contribution in [0.5, 0.6) is 0 Å². The smallest absolute Gasteiger partial charge is 0.410 e. The molecule has 0 radical (unpaired) electrons. The molecule has 0 bridgehead atoms. The first-order chi connectivity index (χ1) is 21.7. The van der Waals surface area contributed by atoms with Crippen molar-refractivity contribution in [1.29, 1.82) is 0 Å². The van der Waals surface area contributed by atoms with E-state index in [0.29, 0.717) is 19.4 Å². The Hall–Kier alpha value is -3.38. The van der Waals surface area contributed by atoms with E-state index >= 15 is 0 Å². The predicted molar refractivity (Wildman–Crippen MR) is 181 cm³/mol. The number of carbonyl (C=O) groups is 6. The number of likely N-dealkylation sites (N-methyl/N-ethyl adjacent to an activating group) is 1. The maximum atomic E-state index is 14.3. The van der Waals surface area contributed by atoms with Crippen LogP contribution in [0.2, 0.25) is 0 Å². The molecule has 0 spiro atoms. The topological polar surface area (TPSA) is 180 Å². The number of primary amides is 1. The number of nitrogens with one attached hydrogen (secondary N) is 3. The number of hydrogen-bond acceptors (Lipinski definition) is 7. The number of urea groups is 1. The summed E-state index contributed by atoms with van der Waals surface area (Å²) in [7, 11) is 1.61. The predicted octanol–water partition coefficient (Wildman–Crippen LogP) is 3.19. The Balaban J connectivity index is 1.80. The lowest BCUT2D eigenvalue weighted by atomic mass is 9.85. The van der Waals surface area contributed by atoms with Crippen molar-refractivity contribution >= 4 is 35.6 Å². The normalized spacial score (nSPS) is 23.6. The molecule has 48 heavy (non-hydrogen) atoms. The van der Waals surface area contributed by atoms with Gasteiger partial charge in [0.15, 0.2) is 0 Å². The molecule has 6 atom stereocenters. The van der Waals surface area contributed by atoms with Crippen molar-refractivity contribution in [2.24, 2.45) is 39.7 Å². The molecule has 2 aliphatic carbocycles. The Labute approximate surface area is 286 Å². The summed E-state index contributed by atoms with van der Waals surface area (Å²) in [4.78, 5) is 81.9. The minimum absolute atomic E-state index is 0.0694. The Bertz CT molecular complexity index is 1270. The molecule has 0 aromatic carbocycles. The molecule has 1 unspecified atom stereocenters. The van der Waals surface area contributed by atoms with Gasteiger partial charge in [-0.2, -0.15) is 0 Å². The monoisotopic (exact) mass is 676 g/mol. The first-order valence-corrected chi connectivity index (χ1v) is 17.2. The summed E-state index contributed by atoms with van der Waals surface area (Å²) < 4.78 is 5.49. The number of hydrogen-bond donors (Lipinski definition) is 4. The highest BCUT2D eigenvalue weighted by Crippen LogP contribution is 2.65. The minimum atomic E-state index is -1.10. The van der Waals surface area contributed by atoms with Crippen LogP contribution in [0.4, 0.5) is 9.59 Å². The van der Waals surface area contributed by atoms with Crippen molar-refractivity contribution in [3.63, 3.8) is 0 Å². The van der Waals surface area contributed by atoms with E-state index in [1.54, 1.807) is 27.8 Å². The first-order valence-electron chi connectivity index (χ1n) is 17.2. The first kappa shape index (κ1) is 39.1. The molecule has 1 saturated heterocycles. The second-order valence-corrected chi connectivity index (χ2v) is 18.1. The van der Waals surface area contributed by atoms with Gasteiger partial charge in [0, 0.05) is 26.2 Å². The molecule has 1 heterocycles. The van der Waals surface area contributed by atoms with E-state index in [4.69, 9.17) is 10.5 Å². The van der Waals surface area contributed by atoms with Crippen LogP contribution in [0.25, 0.3) is 0 Å². The summed E-state index contributed by atoms with van der Waals surface area (Å²) >= 11 is 0. The Morgan fingerprint density at radius 2 is 1.52 bits per heavy atom. The van der Waals surface area contributed by atoms with Gasteiger partial charge in [0.25, 0.3) is 5.91 Å². The summed E-state index contributed by atoms with van der Waals surface area (Å²) in [6.07, 6.45) is 2.19. The third-order valence-electron chi connectivity index (χ3n) is 9.68. The van der Waals surface area contributed by atoms with Crippen LogP contribution < -0.4 is 21.7 Å². The van der Waals surface area contributed by atoms with E-state index in [1.165, 1.54) is 9.80 Å². The van der Waals surface area contributed by atoms with E-state index in [1.807, 2.05) is 41.5 Å². The van der Waals surface area contributed by atoms with Crippen LogP contribution in [-0.2, 0) is 23.9 Å². The second-order valence-electron chi connectivity index (χ2n) is 18.1. The fourth-order valence-corrected chi connectivity index (χ4v) is 6.98. The molecule has 13 nitrogen and oxygen atoms in total. The van der Waals surface area contributed by atoms with Crippen molar-refractivity contribution < 1.29 is 33.5 Å². The molecule has 0 aromatic rings. The van der Waals surface area contributed by atoms with Crippen molar-refractivity contribution in [3.8, 4) is 0 Å². The Morgan fingerprint density at radius 3 is 2.00 bits per heavy atom. The fourth-order valence-electron chi connectivity index (χ4n) is 6.98. The van der Waals surface area contributed by atoms with Gasteiger partial charge < -0.3 is 36.2 Å². The maximum Gasteiger partial charge on any atom is 0.410 e. The quantitative estimate of drug-likeness (QED) is 0.229. The Kier molecular flexibility index (Phi) is 11.3. The van der Waals surface area contributed by atoms with Gasteiger partial charge >= 0.3 is 12.1 Å². The van der Waals surface area contributed by atoms with E-state index in [9.17, 15) is 28.8 Å². The van der Waals surface area contributed by atoms with Gasteiger partial charge in [-0.25, -0.2) is 9.59 Å². The maximum absolute atomic E-state index is 14.3. The molecule has 3 fully saturated rings. The highest BCUT2D eigenvalue weighted by atomic mass is 16.6. The minimum Gasteiger partial charge on any atom is -0.444 e. The number of ether oxygens (including phenoxy) is 1. The van der Waals surface area contributed by atoms with E-state index in [-0.39, 0.29) is 35.1 Å². The number of nitrogens with two attached hydrogens (primary N) is 1. The molecule has 3 aliphatic rings. The summed E-state index contributed by atoms with van der Waals surface area (Å²) in [6.45, 7) is 21.6. The molecular formula is C35H60N6O7. The number of likely N-dealkylation sites (tertiary alicyclic amines) is 1. The molecule has 3 rings (SSSR count). The fraction of sp³-hybridized carbons (Fsp3) is 0.829. The average molecular weight is 677 g/mol. The van der Waals surface area contributed by atoms with Crippen molar-refractivity contribution in [1.82, 2.24) is 25.8 Å². The number of piperidine rings is 1. The second kappa shape index (κ2) is 13.9. The van der Waals surface area contributed by atoms with Gasteiger partial charge in [-0.15, -0.1) is 0 Å². The van der Waals surface area contributed by atoms with Crippen LogP contribution in [0.1, 0.15) is 102 Å². The third-order valence-corrected chi connectivity index (χ3v) is 9.68. The zero-order valence-electron chi connectivity index (χ0n) is 31.1. The van der Waals surface area contributed by atoms with Crippen LogP contribution in [-0.4, -0.2) is 95.3 Å². The van der Waals surface area contributed by atoms with Gasteiger partial charge in [0.05, 0.1) is 6.04 Å². The number of rotatable bonds is 12. The number of nitrogens with zero attached hydrogens (tertiary/aromatic N) is 2. The molecule has 5 N–H and O–H groups in total. The molecule has 13 heteroatoms. The van der Waals surface area contributed by atoms with E-state index < -0.39 is 70.8 Å². The van der Waals surface area contributed by atoms with Gasteiger partial charge in [0.1, 0.15) is 17.7 Å². The standard InChI is InChI=1S/C35H60N6O7/c1-32(2,3)16-20(17-40(12)31(47)48-34(7,8)9)37-30(46)39-26(33(4,5)6)29(45)41-18-21-23(35(21,10)11)24(41)28(44)38-22(15-19-13-14-19)25(42)27(36)43/h19-24,26H,13-18H2,1-12H3,(H2,36,43)(H,38,44)(H2,37,39,46)/t20-,21-,22?,23-,24-,26+/m0/s1. The number of amides is 6. The highest BCUT2D eigenvalue weighted by Gasteiger charge is 2.70. The number of carbonyl (C=O) groups excluding carboxylic acids is 6. The SMILES string of the molecule is CN(C[C@H](CC(C)(C)C)NC(=O)N[C@H](C(=O)N1C[C@H]2[C@@H]([C@H]1C(=O)NC(CC1CC1)C(=O)C(N)=O)C2(C)C)C(C)(C)C)C(=O)OC(C)(C)C. The summed E-state index contributed by atoms with van der Waals surface area (Å²) in [5.74, 6) is -2.67. The van der Waals surface area contributed by atoms with Crippen LogP contribution in [0.15, 0.2) is 0 Å². The van der Waals surface area contributed by atoms with Crippen LogP contribution >= 0.6 is 0 Å². The lowest BCUT2D eigenvalue weighted by Crippen LogP contribution is -2.62. The molecule has 1 aliphatic heterocycles. The van der Waals surface area contributed by atoms with Crippen LogP contribution in [0, 0.1) is 34.0 Å². The van der Waals surface area contributed by atoms with Gasteiger partial charge in [-0.3, -0.25) is 19.2 Å². The largest absolute Gasteiger partial charge is 0.444 e. The number of fused-ring (bicyclic) bond motifs is 1.